The molecule has 0 radical (unpaired) electrons. The first-order valence-electron chi connectivity index (χ1n) is 12.0. The highest BCUT2D eigenvalue weighted by Crippen LogP contribution is 2.32. The molecule has 10 heteroatoms. The zero-order valence-electron chi connectivity index (χ0n) is 21.5. The van der Waals surface area contributed by atoms with Crippen molar-refractivity contribution in [1.29, 1.82) is 0 Å². The first-order valence-corrected chi connectivity index (χ1v) is 14.1. The molecule has 3 aromatic rings. The van der Waals surface area contributed by atoms with Crippen LogP contribution >= 0.6 is 39.3 Å². The Labute approximate surface area is 236 Å². The maximum atomic E-state index is 12.6. The average Bonchev–Trinajstić information content (AvgIpc) is 3.23. The fourth-order valence-corrected chi connectivity index (χ4v) is 5.55. The molecule has 2 aromatic carbocycles. The number of aryl methyl sites for hydroxylation is 2. The molecule has 0 bridgehead atoms. The summed E-state index contributed by atoms with van der Waals surface area (Å²) in [5.41, 5.74) is 2.85. The van der Waals surface area contributed by atoms with Crippen molar-refractivity contribution >= 4 is 50.9 Å². The number of anilines is 1. The molecule has 0 aliphatic heterocycles. The predicted molar refractivity (Wildman–Crippen MR) is 154 cm³/mol. The Morgan fingerprint density at radius 3 is 2.76 bits per heavy atom. The third-order valence-electron chi connectivity index (χ3n) is 5.59. The van der Waals surface area contributed by atoms with Crippen molar-refractivity contribution < 1.29 is 14.3 Å². The summed E-state index contributed by atoms with van der Waals surface area (Å²) in [6, 6.07) is 9.29. The Kier molecular flexibility index (Phi) is 10.9. The highest BCUT2D eigenvalue weighted by Gasteiger charge is 2.15. The van der Waals surface area contributed by atoms with Crippen molar-refractivity contribution in [2.45, 2.75) is 51.2 Å². The number of thioether (sulfide) groups is 1. The number of allylic oxidation sites excluding steroid dienone is 1. The summed E-state index contributed by atoms with van der Waals surface area (Å²) in [4.78, 5) is 12.6. The van der Waals surface area contributed by atoms with E-state index in [1.807, 2.05) is 11.5 Å². The van der Waals surface area contributed by atoms with E-state index >= 15 is 0 Å². The smallest absolute Gasteiger partial charge is 0.234 e. The van der Waals surface area contributed by atoms with Crippen molar-refractivity contribution in [2.75, 3.05) is 24.8 Å². The van der Waals surface area contributed by atoms with E-state index in [-0.39, 0.29) is 11.7 Å². The monoisotopic (exact) mass is 606 g/mol. The number of amides is 1. The third-order valence-corrected chi connectivity index (χ3v) is 7.48. The standard InChI is InChI=1S/C27H32BrClN4O3S/c1-6-11-33-25(8-7-12-36-24-15-20(17(2)3)21(28)13-18(24)4)31-32-27(33)37-16-26(34)30-22-14-19(29)9-10-23(22)35-5/h6,9-10,13-15,17H,1,7-8,11-12,16H2,2-5H3,(H,30,34). The van der Waals surface area contributed by atoms with Gasteiger partial charge < -0.3 is 19.4 Å². The van der Waals surface area contributed by atoms with Crippen LogP contribution in [0.1, 0.15) is 43.1 Å². The van der Waals surface area contributed by atoms with Crippen molar-refractivity contribution in [1.82, 2.24) is 14.8 Å². The Bertz CT molecular complexity index is 1250. The first kappa shape index (κ1) is 29.1. The van der Waals surface area contributed by atoms with Gasteiger partial charge in [-0.2, -0.15) is 0 Å². The molecule has 7 nitrogen and oxygen atoms in total. The van der Waals surface area contributed by atoms with Gasteiger partial charge in [-0.05, 0) is 60.7 Å². The summed E-state index contributed by atoms with van der Waals surface area (Å²) in [6.45, 7) is 11.3. The number of benzene rings is 2. The number of rotatable bonds is 13. The van der Waals surface area contributed by atoms with E-state index in [9.17, 15) is 4.79 Å². The number of hydrogen-bond acceptors (Lipinski definition) is 6. The van der Waals surface area contributed by atoms with E-state index in [0.29, 0.717) is 47.1 Å². The Morgan fingerprint density at radius 1 is 1.27 bits per heavy atom. The molecule has 198 valence electrons. The molecule has 0 unspecified atom stereocenters. The fraction of sp³-hybridized carbons (Fsp3) is 0.370. The lowest BCUT2D eigenvalue weighted by molar-refractivity contribution is -0.113. The summed E-state index contributed by atoms with van der Waals surface area (Å²) >= 11 is 11.0. The van der Waals surface area contributed by atoms with Crippen LogP contribution in [0.4, 0.5) is 5.69 Å². The molecule has 1 N–H and O–H groups in total. The van der Waals surface area contributed by atoms with E-state index in [2.05, 4.69) is 64.0 Å². The molecule has 0 aliphatic rings. The van der Waals surface area contributed by atoms with Crippen LogP contribution in [0.3, 0.4) is 0 Å². The Balaban J connectivity index is 1.57. The second-order valence-corrected chi connectivity index (χ2v) is 11.0. The summed E-state index contributed by atoms with van der Waals surface area (Å²) in [7, 11) is 1.54. The van der Waals surface area contributed by atoms with Gasteiger partial charge in [0.1, 0.15) is 17.3 Å². The van der Waals surface area contributed by atoms with E-state index in [4.69, 9.17) is 21.1 Å². The van der Waals surface area contributed by atoms with Gasteiger partial charge in [0, 0.05) is 22.5 Å². The predicted octanol–water partition coefficient (Wildman–Crippen LogP) is 7.06. The SMILES string of the molecule is C=CCn1c(CCCOc2cc(C(C)C)c(Br)cc2C)nnc1SCC(=O)Nc1cc(Cl)ccc1OC. The van der Waals surface area contributed by atoms with Gasteiger partial charge in [-0.3, -0.25) is 4.79 Å². The molecule has 3 rings (SSSR count). The maximum Gasteiger partial charge on any atom is 0.234 e. The van der Waals surface area contributed by atoms with E-state index < -0.39 is 0 Å². The zero-order chi connectivity index (χ0) is 26.9. The summed E-state index contributed by atoms with van der Waals surface area (Å²) in [5, 5.41) is 12.7. The normalized spacial score (nSPS) is 11.0. The van der Waals surface area contributed by atoms with Crippen molar-refractivity contribution in [3.63, 3.8) is 0 Å². The van der Waals surface area contributed by atoms with Crippen molar-refractivity contribution in [3.05, 3.63) is 69.4 Å². The molecule has 1 heterocycles. The van der Waals surface area contributed by atoms with Crippen LogP contribution in [-0.4, -0.2) is 40.1 Å². The number of aromatic nitrogens is 3. The minimum atomic E-state index is -0.195. The number of halogens is 2. The molecule has 0 saturated carbocycles. The number of carbonyl (C=O) groups excluding carboxylic acids is 1. The molecule has 0 saturated heterocycles. The molecule has 37 heavy (non-hydrogen) atoms. The maximum absolute atomic E-state index is 12.6. The largest absolute Gasteiger partial charge is 0.495 e. The average molecular weight is 608 g/mol. The van der Waals surface area contributed by atoms with E-state index in [0.717, 1.165) is 28.0 Å². The number of methoxy groups -OCH3 is 1. The van der Waals surface area contributed by atoms with Gasteiger partial charge in [-0.15, -0.1) is 16.8 Å². The molecule has 1 amide bonds. The van der Waals surface area contributed by atoms with Crippen LogP contribution in [0.2, 0.25) is 5.02 Å². The van der Waals surface area contributed by atoms with Crippen LogP contribution in [0.15, 0.2) is 52.6 Å². The van der Waals surface area contributed by atoms with Crippen LogP contribution in [0.25, 0.3) is 0 Å². The van der Waals surface area contributed by atoms with Gasteiger partial charge in [-0.1, -0.05) is 59.2 Å². The van der Waals surface area contributed by atoms with E-state index in [1.165, 1.54) is 17.3 Å². The highest BCUT2D eigenvalue weighted by molar-refractivity contribution is 9.10. The van der Waals surface area contributed by atoms with Crippen molar-refractivity contribution in [2.24, 2.45) is 0 Å². The summed E-state index contributed by atoms with van der Waals surface area (Å²) < 4.78 is 14.5. The van der Waals surface area contributed by atoms with Crippen LogP contribution in [0, 0.1) is 6.92 Å². The fourth-order valence-electron chi connectivity index (χ4n) is 3.70. The first-order chi connectivity index (χ1) is 17.7. The van der Waals surface area contributed by atoms with Gasteiger partial charge in [0.2, 0.25) is 5.91 Å². The number of nitrogens with one attached hydrogen (secondary N) is 1. The molecule has 0 aliphatic carbocycles. The van der Waals surface area contributed by atoms with Gasteiger partial charge in [-0.25, -0.2) is 0 Å². The number of carbonyl (C=O) groups is 1. The topological polar surface area (TPSA) is 78.3 Å². The van der Waals surface area contributed by atoms with Crippen LogP contribution in [0.5, 0.6) is 11.5 Å². The number of ether oxygens (including phenoxy) is 2. The lowest BCUT2D eigenvalue weighted by Crippen LogP contribution is -2.15. The molecule has 0 fully saturated rings. The van der Waals surface area contributed by atoms with Crippen molar-refractivity contribution in [3.8, 4) is 11.5 Å². The second-order valence-electron chi connectivity index (χ2n) is 8.73. The van der Waals surface area contributed by atoms with Gasteiger partial charge in [0.15, 0.2) is 5.16 Å². The van der Waals surface area contributed by atoms with Crippen LogP contribution < -0.4 is 14.8 Å². The Morgan fingerprint density at radius 2 is 2.05 bits per heavy atom. The zero-order valence-corrected chi connectivity index (χ0v) is 24.7. The molecular formula is C27H32BrClN4O3S. The van der Waals surface area contributed by atoms with E-state index in [1.54, 1.807) is 31.4 Å². The molecule has 0 spiro atoms. The molecule has 1 aromatic heterocycles. The minimum Gasteiger partial charge on any atom is -0.495 e. The highest BCUT2D eigenvalue weighted by atomic mass is 79.9. The summed E-state index contributed by atoms with van der Waals surface area (Å²) in [6.07, 6.45) is 3.27. The minimum absolute atomic E-state index is 0.162. The van der Waals surface area contributed by atoms with Gasteiger partial charge >= 0.3 is 0 Å². The Hall–Kier alpha value is -2.49. The lowest BCUT2D eigenvalue weighted by Gasteiger charge is -2.15. The van der Waals surface area contributed by atoms with Gasteiger partial charge in [0.05, 0.1) is 25.2 Å². The number of nitrogens with zero attached hydrogens (tertiary/aromatic N) is 3. The molecular weight excluding hydrogens is 576 g/mol. The number of hydrogen-bond donors (Lipinski definition) is 1. The van der Waals surface area contributed by atoms with Gasteiger partial charge in [0.25, 0.3) is 0 Å². The lowest BCUT2D eigenvalue weighted by atomic mass is 10.0. The second kappa shape index (κ2) is 13.9. The third kappa shape index (κ3) is 7.99. The van der Waals surface area contributed by atoms with Crippen LogP contribution in [-0.2, 0) is 17.8 Å². The molecule has 0 atom stereocenters. The quantitative estimate of drug-likeness (QED) is 0.127. The summed E-state index contributed by atoms with van der Waals surface area (Å²) in [5.74, 6) is 2.64.